The molecule has 0 spiro atoms. The summed E-state index contributed by atoms with van der Waals surface area (Å²) in [4.78, 5) is 61.9. The van der Waals surface area contributed by atoms with Gasteiger partial charge in [0, 0.05) is 18.5 Å². The molecule has 2 aliphatic heterocycles. The summed E-state index contributed by atoms with van der Waals surface area (Å²) in [6, 6.07) is 3.16. The van der Waals surface area contributed by atoms with E-state index >= 15 is 0 Å². The quantitative estimate of drug-likeness (QED) is 0.582. The van der Waals surface area contributed by atoms with E-state index in [0.29, 0.717) is 5.57 Å². The van der Waals surface area contributed by atoms with E-state index in [1.165, 1.54) is 18.2 Å². The van der Waals surface area contributed by atoms with Crippen molar-refractivity contribution >= 4 is 29.5 Å². The van der Waals surface area contributed by atoms with Gasteiger partial charge in [-0.15, -0.1) is 0 Å². The van der Waals surface area contributed by atoms with Gasteiger partial charge in [0.05, 0.1) is 11.1 Å². The summed E-state index contributed by atoms with van der Waals surface area (Å²) in [5.41, 5.74) is 1.13. The summed E-state index contributed by atoms with van der Waals surface area (Å²) in [5, 5.41) is 4.83. The van der Waals surface area contributed by atoms with E-state index < -0.39 is 35.6 Å². The van der Waals surface area contributed by atoms with Crippen LogP contribution in [0.1, 0.15) is 50.8 Å². The second kappa shape index (κ2) is 7.59. The molecule has 8 nitrogen and oxygen atoms in total. The smallest absolute Gasteiger partial charge is 0.262 e. The topological polar surface area (TPSA) is 113 Å². The average molecular weight is 381 g/mol. The number of carbonyl (C=O) groups is 5. The van der Waals surface area contributed by atoms with Crippen molar-refractivity contribution in [1.29, 1.82) is 0 Å². The predicted octanol–water partition coefficient (Wildman–Crippen LogP) is 0.950. The number of hydrogen-bond acceptors (Lipinski definition) is 5. The number of carbonyl (C=O) groups excluding carboxylic acids is 5. The van der Waals surface area contributed by atoms with Gasteiger partial charge in [0.2, 0.25) is 11.8 Å². The lowest BCUT2D eigenvalue weighted by Crippen LogP contribution is -2.54. The highest BCUT2D eigenvalue weighted by Crippen LogP contribution is 2.28. The SMILES string of the molecule is C=C(/C=C\C)CNC(=O)c1ccc2c(c1)C(=O)N(C1CCC(=O)NC1=O)C2=O. The van der Waals surface area contributed by atoms with Crippen molar-refractivity contribution in [2.75, 3.05) is 6.54 Å². The summed E-state index contributed by atoms with van der Waals surface area (Å²) in [6.45, 7) is 5.88. The Kier molecular flexibility index (Phi) is 5.21. The number of rotatable bonds is 5. The first-order valence-corrected chi connectivity index (χ1v) is 8.77. The Labute approximate surface area is 161 Å². The van der Waals surface area contributed by atoms with Crippen LogP contribution in [-0.2, 0) is 9.59 Å². The van der Waals surface area contributed by atoms with Gasteiger partial charge in [-0.25, -0.2) is 0 Å². The van der Waals surface area contributed by atoms with Crippen LogP contribution in [0, 0.1) is 0 Å². The van der Waals surface area contributed by atoms with Crippen molar-refractivity contribution in [3.05, 3.63) is 59.2 Å². The minimum Gasteiger partial charge on any atom is -0.348 e. The summed E-state index contributed by atoms with van der Waals surface area (Å²) >= 11 is 0. The lowest BCUT2D eigenvalue weighted by atomic mass is 10.0. The first kappa shape index (κ1) is 19.2. The Morgan fingerprint density at radius 3 is 2.64 bits per heavy atom. The molecule has 0 aromatic heterocycles. The Morgan fingerprint density at radius 1 is 1.25 bits per heavy atom. The third kappa shape index (κ3) is 3.48. The molecular formula is C20H19N3O5. The number of imide groups is 2. The van der Waals surface area contributed by atoms with Gasteiger partial charge in [0.15, 0.2) is 0 Å². The first-order chi connectivity index (χ1) is 13.3. The Bertz CT molecular complexity index is 947. The molecule has 2 N–H and O–H groups in total. The number of amides is 5. The largest absolute Gasteiger partial charge is 0.348 e. The van der Waals surface area contributed by atoms with Crippen LogP contribution in [0.25, 0.3) is 0 Å². The van der Waals surface area contributed by atoms with Crippen LogP contribution >= 0.6 is 0 Å². The van der Waals surface area contributed by atoms with Crippen LogP contribution in [0.5, 0.6) is 0 Å². The first-order valence-electron chi connectivity index (χ1n) is 8.77. The molecule has 1 fully saturated rings. The fourth-order valence-corrected chi connectivity index (χ4v) is 3.20. The van der Waals surface area contributed by atoms with E-state index in [9.17, 15) is 24.0 Å². The van der Waals surface area contributed by atoms with E-state index in [0.717, 1.165) is 4.90 Å². The van der Waals surface area contributed by atoms with Gasteiger partial charge in [0.1, 0.15) is 6.04 Å². The van der Waals surface area contributed by atoms with Crippen molar-refractivity contribution in [3.63, 3.8) is 0 Å². The van der Waals surface area contributed by atoms with E-state index in [1.54, 1.807) is 12.2 Å². The number of nitrogens with one attached hydrogen (secondary N) is 2. The third-order valence-electron chi connectivity index (χ3n) is 4.58. The van der Waals surface area contributed by atoms with Gasteiger partial charge < -0.3 is 5.32 Å². The second-order valence-electron chi connectivity index (χ2n) is 6.55. The molecule has 1 aromatic rings. The summed E-state index contributed by atoms with van der Waals surface area (Å²) in [6.07, 6.45) is 3.70. The number of piperidine rings is 1. The molecule has 144 valence electrons. The van der Waals surface area contributed by atoms with Crippen LogP contribution < -0.4 is 10.6 Å². The molecule has 0 saturated carbocycles. The number of allylic oxidation sites excluding steroid dienone is 1. The number of nitrogens with zero attached hydrogens (tertiary/aromatic N) is 1. The predicted molar refractivity (Wildman–Crippen MR) is 99.4 cm³/mol. The number of benzene rings is 1. The lowest BCUT2D eigenvalue weighted by Gasteiger charge is -2.27. The molecular weight excluding hydrogens is 362 g/mol. The van der Waals surface area contributed by atoms with Gasteiger partial charge in [-0.3, -0.25) is 34.2 Å². The normalized spacial score (nSPS) is 19.0. The van der Waals surface area contributed by atoms with Crippen LogP contribution in [0.4, 0.5) is 0 Å². The maximum Gasteiger partial charge on any atom is 0.262 e. The standard InChI is InChI=1S/C20H19N3O5/c1-3-4-11(2)10-21-17(25)12-5-6-13-14(9-12)20(28)23(19(13)27)15-7-8-16(24)22-18(15)26/h3-6,9,15H,2,7-8,10H2,1H3,(H,21,25)(H,22,24,26)/b4-3-. The number of hydrogen-bond donors (Lipinski definition) is 2. The molecule has 28 heavy (non-hydrogen) atoms. The third-order valence-corrected chi connectivity index (χ3v) is 4.58. The Balaban J connectivity index is 1.80. The maximum atomic E-state index is 12.7. The molecule has 1 saturated heterocycles. The number of fused-ring (bicyclic) bond motifs is 1. The molecule has 2 heterocycles. The second-order valence-corrected chi connectivity index (χ2v) is 6.55. The summed E-state index contributed by atoms with van der Waals surface area (Å²) in [7, 11) is 0. The fourth-order valence-electron chi connectivity index (χ4n) is 3.20. The zero-order valence-corrected chi connectivity index (χ0v) is 15.3. The van der Waals surface area contributed by atoms with Crippen LogP contribution in [-0.4, -0.2) is 47.0 Å². The van der Waals surface area contributed by atoms with E-state index in [-0.39, 0.29) is 36.1 Å². The van der Waals surface area contributed by atoms with Gasteiger partial charge in [0.25, 0.3) is 17.7 Å². The van der Waals surface area contributed by atoms with E-state index in [1.807, 2.05) is 6.92 Å². The molecule has 1 aromatic carbocycles. The highest BCUT2D eigenvalue weighted by molar-refractivity contribution is 6.24. The van der Waals surface area contributed by atoms with Gasteiger partial charge >= 0.3 is 0 Å². The van der Waals surface area contributed by atoms with Gasteiger partial charge in [-0.1, -0.05) is 18.7 Å². The van der Waals surface area contributed by atoms with Crippen LogP contribution in [0.2, 0.25) is 0 Å². The zero-order valence-electron chi connectivity index (χ0n) is 15.3. The van der Waals surface area contributed by atoms with Gasteiger partial charge in [-0.05, 0) is 37.1 Å². The van der Waals surface area contributed by atoms with Crippen molar-refractivity contribution in [2.45, 2.75) is 25.8 Å². The van der Waals surface area contributed by atoms with Gasteiger partial charge in [-0.2, -0.15) is 0 Å². The van der Waals surface area contributed by atoms with E-state index in [2.05, 4.69) is 17.2 Å². The molecule has 3 rings (SSSR count). The molecule has 2 aliphatic rings. The average Bonchev–Trinajstić information content (AvgIpc) is 2.91. The summed E-state index contributed by atoms with van der Waals surface area (Å²) in [5.74, 6) is -2.78. The highest BCUT2D eigenvalue weighted by Gasteiger charge is 2.44. The maximum absolute atomic E-state index is 12.7. The monoisotopic (exact) mass is 381 g/mol. The zero-order chi connectivity index (χ0) is 20.4. The van der Waals surface area contributed by atoms with Crippen molar-refractivity contribution in [2.24, 2.45) is 0 Å². The molecule has 5 amide bonds. The van der Waals surface area contributed by atoms with Crippen LogP contribution in [0.3, 0.4) is 0 Å². The highest BCUT2D eigenvalue weighted by atomic mass is 16.2. The minimum absolute atomic E-state index is 0.0492. The molecule has 0 radical (unpaired) electrons. The molecule has 0 aliphatic carbocycles. The lowest BCUT2D eigenvalue weighted by molar-refractivity contribution is -0.136. The minimum atomic E-state index is -1.04. The Hall–Kier alpha value is -3.55. The van der Waals surface area contributed by atoms with Crippen molar-refractivity contribution < 1.29 is 24.0 Å². The molecule has 8 heteroatoms. The van der Waals surface area contributed by atoms with E-state index in [4.69, 9.17) is 0 Å². The molecule has 1 atom stereocenters. The summed E-state index contributed by atoms with van der Waals surface area (Å²) < 4.78 is 0. The molecule has 0 bridgehead atoms. The molecule has 1 unspecified atom stereocenters. The van der Waals surface area contributed by atoms with Crippen molar-refractivity contribution in [3.8, 4) is 0 Å². The van der Waals surface area contributed by atoms with Crippen LogP contribution in [0.15, 0.2) is 42.5 Å². The van der Waals surface area contributed by atoms with Crippen molar-refractivity contribution in [1.82, 2.24) is 15.5 Å². The Morgan fingerprint density at radius 2 is 1.96 bits per heavy atom. The fraction of sp³-hybridized carbons (Fsp3) is 0.250.